The molecule has 0 spiro atoms. The number of carbonyl (C=O) groups is 2. The first-order valence-corrected chi connectivity index (χ1v) is 6.82. The molecule has 0 saturated carbocycles. The highest BCUT2D eigenvalue weighted by atomic mass is 16.2. The van der Waals surface area contributed by atoms with Crippen LogP contribution in [0.1, 0.15) is 18.9 Å². The van der Waals surface area contributed by atoms with Gasteiger partial charge in [0.2, 0.25) is 5.91 Å². The van der Waals surface area contributed by atoms with Gasteiger partial charge in [0, 0.05) is 32.0 Å². The second kappa shape index (κ2) is 5.53. The molecule has 1 aliphatic rings. The van der Waals surface area contributed by atoms with Crippen LogP contribution in [-0.2, 0) is 9.59 Å². The SMILES string of the molecule is CCN1C(=O)CC(Nc2ccc(C)c(N(C)C)c2)C1=O. The molecule has 2 amide bonds. The molecule has 1 heterocycles. The van der Waals surface area contributed by atoms with Gasteiger partial charge in [-0.25, -0.2) is 0 Å². The van der Waals surface area contributed by atoms with Crippen molar-refractivity contribution in [2.75, 3.05) is 30.9 Å². The first-order chi connectivity index (χ1) is 9.43. The third kappa shape index (κ3) is 2.61. The summed E-state index contributed by atoms with van der Waals surface area (Å²) in [6, 6.07) is 5.51. The summed E-state index contributed by atoms with van der Waals surface area (Å²) in [7, 11) is 3.96. The van der Waals surface area contributed by atoms with Crippen molar-refractivity contribution in [2.45, 2.75) is 26.3 Å². The van der Waals surface area contributed by atoms with E-state index in [1.807, 2.05) is 51.0 Å². The molecule has 5 nitrogen and oxygen atoms in total. The smallest absolute Gasteiger partial charge is 0.252 e. The zero-order valence-corrected chi connectivity index (χ0v) is 12.4. The molecule has 0 aromatic heterocycles. The number of likely N-dealkylation sites (tertiary alicyclic amines) is 1. The maximum atomic E-state index is 12.1. The number of nitrogens with zero attached hydrogens (tertiary/aromatic N) is 2. The van der Waals surface area contributed by atoms with Gasteiger partial charge in [-0.3, -0.25) is 14.5 Å². The minimum absolute atomic E-state index is 0.102. The third-order valence-corrected chi connectivity index (χ3v) is 3.59. The third-order valence-electron chi connectivity index (χ3n) is 3.59. The molecule has 20 heavy (non-hydrogen) atoms. The number of nitrogens with one attached hydrogen (secondary N) is 1. The van der Waals surface area contributed by atoms with Crippen LogP contribution >= 0.6 is 0 Å². The normalized spacial score (nSPS) is 18.6. The molecule has 0 bridgehead atoms. The van der Waals surface area contributed by atoms with E-state index < -0.39 is 6.04 Å². The van der Waals surface area contributed by atoms with Gasteiger partial charge in [-0.2, -0.15) is 0 Å². The Labute approximate surface area is 119 Å². The van der Waals surface area contributed by atoms with Gasteiger partial charge >= 0.3 is 0 Å². The van der Waals surface area contributed by atoms with E-state index in [9.17, 15) is 9.59 Å². The van der Waals surface area contributed by atoms with Gasteiger partial charge < -0.3 is 10.2 Å². The molecular formula is C15H21N3O2. The van der Waals surface area contributed by atoms with E-state index in [-0.39, 0.29) is 18.2 Å². The largest absolute Gasteiger partial charge is 0.377 e. The lowest BCUT2D eigenvalue weighted by Gasteiger charge is -2.19. The monoisotopic (exact) mass is 275 g/mol. The van der Waals surface area contributed by atoms with Crippen LogP contribution in [0.15, 0.2) is 18.2 Å². The van der Waals surface area contributed by atoms with Gasteiger partial charge in [0.1, 0.15) is 6.04 Å². The Morgan fingerprint density at radius 1 is 1.35 bits per heavy atom. The van der Waals surface area contributed by atoms with Crippen LogP contribution in [0.3, 0.4) is 0 Å². The molecule has 1 aromatic rings. The Morgan fingerprint density at radius 3 is 2.60 bits per heavy atom. The lowest BCUT2D eigenvalue weighted by Crippen LogP contribution is -2.34. The quantitative estimate of drug-likeness (QED) is 0.848. The van der Waals surface area contributed by atoms with Crippen LogP contribution in [0.4, 0.5) is 11.4 Å². The summed E-state index contributed by atoms with van der Waals surface area (Å²) in [6.07, 6.45) is 0.234. The number of imide groups is 1. The number of carbonyl (C=O) groups excluding carboxylic acids is 2. The molecule has 1 aromatic carbocycles. The van der Waals surface area contributed by atoms with Crippen LogP contribution in [0.5, 0.6) is 0 Å². The summed E-state index contributed by atoms with van der Waals surface area (Å²) in [5, 5.41) is 3.17. The fraction of sp³-hybridized carbons (Fsp3) is 0.467. The second-order valence-electron chi connectivity index (χ2n) is 5.27. The Morgan fingerprint density at radius 2 is 2.05 bits per heavy atom. The predicted octanol–water partition coefficient (Wildman–Crippen LogP) is 1.62. The van der Waals surface area contributed by atoms with E-state index in [0.717, 1.165) is 11.4 Å². The number of hydrogen-bond acceptors (Lipinski definition) is 4. The summed E-state index contributed by atoms with van der Waals surface area (Å²) < 4.78 is 0. The summed E-state index contributed by atoms with van der Waals surface area (Å²) in [5.74, 6) is -0.237. The Bertz CT molecular complexity index is 540. The van der Waals surface area contributed by atoms with Gasteiger partial charge in [-0.05, 0) is 31.5 Å². The van der Waals surface area contributed by atoms with Crippen molar-refractivity contribution in [3.8, 4) is 0 Å². The van der Waals surface area contributed by atoms with E-state index in [4.69, 9.17) is 0 Å². The number of hydrogen-bond donors (Lipinski definition) is 1. The van der Waals surface area contributed by atoms with Gasteiger partial charge in [-0.1, -0.05) is 6.07 Å². The molecule has 1 aliphatic heterocycles. The highest BCUT2D eigenvalue weighted by Gasteiger charge is 2.37. The number of amides is 2. The first-order valence-electron chi connectivity index (χ1n) is 6.82. The lowest BCUT2D eigenvalue weighted by molar-refractivity contribution is -0.138. The van der Waals surface area contributed by atoms with E-state index in [2.05, 4.69) is 5.32 Å². The van der Waals surface area contributed by atoms with Crippen molar-refractivity contribution in [3.63, 3.8) is 0 Å². The number of rotatable bonds is 4. The molecule has 1 atom stereocenters. The maximum Gasteiger partial charge on any atom is 0.252 e. The minimum Gasteiger partial charge on any atom is -0.377 e. The van der Waals surface area contributed by atoms with Crippen LogP contribution in [0.25, 0.3) is 0 Å². The summed E-state index contributed by atoms with van der Waals surface area (Å²) in [4.78, 5) is 27.1. The predicted molar refractivity (Wildman–Crippen MR) is 79.9 cm³/mol. The lowest BCUT2D eigenvalue weighted by atomic mass is 10.1. The average Bonchev–Trinajstić information content (AvgIpc) is 2.66. The van der Waals surface area contributed by atoms with E-state index in [0.29, 0.717) is 6.54 Å². The van der Waals surface area contributed by atoms with Crippen LogP contribution in [-0.4, -0.2) is 43.4 Å². The van der Waals surface area contributed by atoms with E-state index >= 15 is 0 Å². The highest BCUT2D eigenvalue weighted by Crippen LogP contribution is 2.25. The Kier molecular flexibility index (Phi) is 3.97. The zero-order chi connectivity index (χ0) is 14.9. The fourth-order valence-corrected chi connectivity index (χ4v) is 2.51. The van der Waals surface area contributed by atoms with E-state index in [1.54, 1.807) is 0 Å². The topological polar surface area (TPSA) is 52.7 Å². The van der Waals surface area contributed by atoms with Crippen LogP contribution in [0.2, 0.25) is 0 Å². The molecule has 0 radical (unpaired) electrons. The summed E-state index contributed by atoms with van der Waals surface area (Å²) in [6.45, 7) is 4.29. The van der Waals surface area contributed by atoms with Crippen molar-refractivity contribution >= 4 is 23.2 Å². The highest BCUT2D eigenvalue weighted by molar-refractivity contribution is 6.06. The molecular weight excluding hydrogens is 254 g/mol. The number of benzene rings is 1. The number of likely N-dealkylation sites (N-methyl/N-ethyl adjacent to an activating group) is 1. The standard InChI is InChI=1S/C15H21N3O2/c1-5-18-14(19)9-12(15(18)20)16-11-7-6-10(2)13(8-11)17(3)4/h6-8,12,16H,5,9H2,1-4H3. The molecule has 1 unspecified atom stereocenters. The van der Waals surface area contributed by atoms with Crippen LogP contribution in [0, 0.1) is 6.92 Å². The summed E-state index contributed by atoms with van der Waals surface area (Å²) in [5.41, 5.74) is 3.13. The number of anilines is 2. The Balaban J connectivity index is 2.17. The molecule has 5 heteroatoms. The van der Waals surface area contributed by atoms with Crippen LogP contribution < -0.4 is 10.2 Å². The molecule has 2 rings (SSSR count). The molecule has 1 saturated heterocycles. The molecule has 1 fully saturated rings. The maximum absolute atomic E-state index is 12.1. The second-order valence-corrected chi connectivity index (χ2v) is 5.27. The van der Waals surface area contributed by atoms with Gasteiger partial charge in [-0.15, -0.1) is 0 Å². The first kappa shape index (κ1) is 14.4. The molecule has 1 N–H and O–H groups in total. The number of aryl methyl sites for hydroxylation is 1. The van der Waals surface area contributed by atoms with Gasteiger partial charge in [0.15, 0.2) is 0 Å². The minimum atomic E-state index is -0.444. The Hall–Kier alpha value is -2.04. The van der Waals surface area contributed by atoms with Crippen molar-refractivity contribution in [2.24, 2.45) is 0 Å². The molecule has 0 aliphatic carbocycles. The van der Waals surface area contributed by atoms with Crippen molar-refractivity contribution < 1.29 is 9.59 Å². The van der Waals surface area contributed by atoms with Crippen molar-refractivity contribution in [1.29, 1.82) is 0 Å². The summed E-state index contributed by atoms with van der Waals surface area (Å²) >= 11 is 0. The van der Waals surface area contributed by atoms with Gasteiger partial charge in [0.05, 0.1) is 6.42 Å². The fourth-order valence-electron chi connectivity index (χ4n) is 2.51. The van der Waals surface area contributed by atoms with Crippen molar-refractivity contribution in [3.05, 3.63) is 23.8 Å². The van der Waals surface area contributed by atoms with E-state index in [1.165, 1.54) is 10.5 Å². The zero-order valence-electron chi connectivity index (χ0n) is 12.4. The molecule has 108 valence electrons. The van der Waals surface area contributed by atoms with Crippen molar-refractivity contribution in [1.82, 2.24) is 4.90 Å². The van der Waals surface area contributed by atoms with Gasteiger partial charge in [0.25, 0.3) is 5.91 Å². The average molecular weight is 275 g/mol.